The first-order valence-electron chi connectivity index (χ1n) is 11.2. The third-order valence-corrected chi connectivity index (χ3v) is 6.16. The van der Waals surface area contributed by atoms with E-state index >= 15 is 0 Å². The van der Waals surface area contributed by atoms with Crippen molar-refractivity contribution in [3.8, 4) is 11.5 Å². The van der Waals surface area contributed by atoms with Crippen molar-refractivity contribution in [1.82, 2.24) is 4.98 Å². The number of rotatable bonds is 9. The molecule has 1 unspecified atom stereocenters. The largest absolute Gasteiger partial charge is 0.493 e. The number of methoxy groups -OCH3 is 1. The number of aliphatic hydroxyl groups is 1. The van der Waals surface area contributed by atoms with Gasteiger partial charge in [0.15, 0.2) is 11.5 Å². The van der Waals surface area contributed by atoms with Gasteiger partial charge in [-0.2, -0.15) is 0 Å². The zero-order valence-corrected chi connectivity index (χ0v) is 18.2. The summed E-state index contributed by atoms with van der Waals surface area (Å²) in [5.41, 5.74) is 4.85. The Morgan fingerprint density at radius 1 is 0.903 bits per heavy atom. The van der Waals surface area contributed by atoms with E-state index in [2.05, 4.69) is 53.5 Å². The molecule has 0 saturated heterocycles. The predicted molar refractivity (Wildman–Crippen MR) is 123 cm³/mol. The Labute approximate surface area is 184 Å². The monoisotopic (exact) mass is 417 g/mol. The van der Waals surface area contributed by atoms with Crippen LogP contribution in [0.3, 0.4) is 0 Å². The van der Waals surface area contributed by atoms with Gasteiger partial charge in [0.2, 0.25) is 0 Å². The van der Waals surface area contributed by atoms with Gasteiger partial charge in [0.05, 0.1) is 13.2 Å². The number of nitrogens with zero attached hydrogens (tertiary/aromatic N) is 1. The van der Waals surface area contributed by atoms with Crippen molar-refractivity contribution in [2.75, 3.05) is 13.7 Å². The van der Waals surface area contributed by atoms with E-state index in [1.807, 2.05) is 18.5 Å². The summed E-state index contributed by atoms with van der Waals surface area (Å²) in [6.45, 7) is 0.167. The standard InChI is InChI=1S/C27H31NO3/c1-30-26-11-10-23(19-27(26)31-24-4-2-3-5-24)25(18-21-12-15-28-16-13-21)22-8-6-20(7-9-22)14-17-29/h6-13,15-16,19,24-25,29H,2-5,14,17-18H2,1H3. The highest BCUT2D eigenvalue weighted by atomic mass is 16.5. The van der Waals surface area contributed by atoms with E-state index in [-0.39, 0.29) is 18.6 Å². The molecule has 0 bridgehead atoms. The summed E-state index contributed by atoms with van der Waals surface area (Å²) in [5, 5.41) is 9.24. The van der Waals surface area contributed by atoms with Crippen LogP contribution in [0.4, 0.5) is 0 Å². The van der Waals surface area contributed by atoms with E-state index in [1.54, 1.807) is 7.11 Å². The Bertz CT molecular complexity index is 950. The van der Waals surface area contributed by atoms with Gasteiger partial charge in [-0.25, -0.2) is 0 Å². The van der Waals surface area contributed by atoms with Gasteiger partial charge in [-0.3, -0.25) is 4.98 Å². The number of hydrogen-bond donors (Lipinski definition) is 1. The van der Waals surface area contributed by atoms with Crippen LogP contribution in [0.15, 0.2) is 67.0 Å². The minimum Gasteiger partial charge on any atom is -0.493 e. The Kier molecular flexibility index (Phi) is 7.21. The molecule has 1 atom stereocenters. The third-order valence-electron chi connectivity index (χ3n) is 6.16. The summed E-state index contributed by atoms with van der Waals surface area (Å²) in [6, 6.07) is 19.1. The molecule has 1 aliphatic rings. The molecule has 4 heteroatoms. The van der Waals surface area contributed by atoms with Crippen LogP contribution in [-0.4, -0.2) is 29.9 Å². The molecule has 0 spiro atoms. The highest BCUT2D eigenvalue weighted by Gasteiger charge is 2.21. The topological polar surface area (TPSA) is 51.6 Å². The number of aromatic nitrogens is 1. The molecule has 4 rings (SSSR count). The number of hydrogen-bond acceptors (Lipinski definition) is 4. The molecule has 1 N–H and O–H groups in total. The van der Waals surface area contributed by atoms with Crippen molar-refractivity contribution in [3.05, 3.63) is 89.2 Å². The van der Waals surface area contributed by atoms with Gasteiger partial charge in [0, 0.05) is 24.9 Å². The molecule has 0 amide bonds. The maximum atomic E-state index is 9.24. The van der Waals surface area contributed by atoms with Crippen molar-refractivity contribution < 1.29 is 14.6 Å². The van der Waals surface area contributed by atoms with Crippen molar-refractivity contribution in [2.24, 2.45) is 0 Å². The van der Waals surface area contributed by atoms with E-state index < -0.39 is 0 Å². The fourth-order valence-corrected chi connectivity index (χ4v) is 4.42. The van der Waals surface area contributed by atoms with Crippen LogP contribution in [0, 0.1) is 0 Å². The van der Waals surface area contributed by atoms with Gasteiger partial charge < -0.3 is 14.6 Å². The third kappa shape index (κ3) is 5.45. The maximum Gasteiger partial charge on any atom is 0.161 e. The molecule has 3 aromatic rings. The average molecular weight is 418 g/mol. The molecule has 0 aliphatic heterocycles. The van der Waals surface area contributed by atoms with E-state index in [0.717, 1.165) is 36.3 Å². The van der Waals surface area contributed by atoms with Crippen molar-refractivity contribution in [1.29, 1.82) is 0 Å². The van der Waals surface area contributed by atoms with Gasteiger partial charge in [0.25, 0.3) is 0 Å². The molecule has 31 heavy (non-hydrogen) atoms. The van der Waals surface area contributed by atoms with Crippen LogP contribution in [0.25, 0.3) is 0 Å². The highest BCUT2D eigenvalue weighted by Crippen LogP contribution is 2.37. The van der Waals surface area contributed by atoms with Gasteiger partial charge in [-0.05, 0) is 85.0 Å². The zero-order chi connectivity index (χ0) is 21.5. The van der Waals surface area contributed by atoms with Gasteiger partial charge >= 0.3 is 0 Å². The van der Waals surface area contributed by atoms with Crippen LogP contribution in [0.2, 0.25) is 0 Å². The Morgan fingerprint density at radius 2 is 1.61 bits per heavy atom. The van der Waals surface area contributed by atoms with Crippen molar-refractivity contribution >= 4 is 0 Å². The van der Waals surface area contributed by atoms with E-state index in [9.17, 15) is 5.11 Å². The quantitative estimate of drug-likeness (QED) is 0.512. The van der Waals surface area contributed by atoms with Crippen LogP contribution in [0.1, 0.15) is 53.9 Å². The van der Waals surface area contributed by atoms with Crippen LogP contribution in [-0.2, 0) is 12.8 Å². The first-order valence-corrected chi connectivity index (χ1v) is 11.2. The first kappa shape index (κ1) is 21.4. The molecule has 1 fully saturated rings. The molecule has 1 aromatic heterocycles. The molecule has 1 aliphatic carbocycles. The summed E-state index contributed by atoms with van der Waals surface area (Å²) in [7, 11) is 1.70. The number of pyridine rings is 1. The number of benzene rings is 2. The summed E-state index contributed by atoms with van der Waals surface area (Å²) >= 11 is 0. The Hall–Kier alpha value is -2.85. The first-order chi connectivity index (χ1) is 15.3. The van der Waals surface area contributed by atoms with Gasteiger partial charge in [0.1, 0.15) is 0 Å². The second kappa shape index (κ2) is 10.5. The zero-order valence-electron chi connectivity index (χ0n) is 18.2. The Balaban J connectivity index is 1.68. The van der Waals surface area contributed by atoms with E-state index in [4.69, 9.17) is 9.47 Å². The second-order valence-electron chi connectivity index (χ2n) is 8.26. The van der Waals surface area contributed by atoms with Crippen LogP contribution >= 0.6 is 0 Å². The van der Waals surface area contributed by atoms with E-state index in [0.29, 0.717) is 6.42 Å². The summed E-state index contributed by atoms with van der Waals surface area (Å²) in [6.07, 6.45) is 10.2. The SMILES string of the molecule is COc1ccc(C(Cc2ccncc2)c2ccc(CCO)cc2)cc1OC1CCCC1. The molecule has 1 saturated carbocycles. The summed E-state index contributed by atoms with van der Waals surface area (Å²) < 4.78 is 12.0. The Morgan fingerprint density at radius 3 is 2.29 bits per heavy atom. The lowest BCUT2D eigenvalue weighted by molar-refractivity contribution is 0.200. The predicted octanol–water partition coefficient (Wildman–Crippen LogP) is 5.32. The fourth-order valence-electron chi connectivity index (χ4n) is 4.42. The molecular weight excluding hydrogens is 386 g/mol. The molecule has 162 valence electrons. The highest BCUT2D eigenvalue weighted by molar-refractivity contribution is 5.47. The summed E-state index contributed by atoms with van der Waals surface area (Å²) in [4.78, 5) is 4.16. The lowest BCUT2D eigenvalue weighted by Crippen LogP contribution is -2.12. The second-order valence-corrected chi connectivity index (χ2v) is 8.26. The fraction of sp³-hybridized carbons (Fsp3) is 0.370. The molecule has 2 aromatic carbocycles. The minimum atomic E-state index is 0.167. The van der Waals surface area contributed by atoms with Crippen molar-refractivity contribution in [3.63, 3.8) is 0 Å². The lowest BCUT2D eigenvalue weighted by Gasteiger charge is -2.22. The normalized spacial score (nSPS) is 15.0. The smallest absolute Gasteiger partial charge is 0.161 e. The molecule has 4 nitrogen and oxygen atoms in total. The molecule has 1 heterocycles. The number of aliphatic hydroxyl groups excluding tert-OH is 1. The van der Waals surface area contributed by atoms with Gasteiger partial charge in [-0.15, -0.1) is 0 Å². The maximum absolute atomic E-state index is 9.24. The van der Waals surface area contributed by atoms with Gasteiger partial charge in [-0.1, -0.05) is 30.3 Å². The van der Waals surface area contributed by atoms with Crippen LogP contribution < -0.4 is 9.47 Å². The average Bonchev–Trinajstić information content (AvgIpc) is 3.32. The number of ether oxygens (including phenoxy) is 2. The molecule has 0 radical (unpaired) electrons. The van der Waals surface area contributed by atoms with Crippen LogP contribution in [0.5, 0.6) is 11.5 Å². The van der Waals surface area contributed by atoms with E-state index in [1.165, 1.54) is 29.5 Å². The minimum absolute atomic E-state index is 0.167. The summed E-state index contributed by atoms with van der Waals surface area (Å²) in [5.74, 6) is 1.81. The molecular formula is C27H31NO3. The lowest BCUT2D eigenvalue weighted by atomic mass is 9.85. The van der Waals surface area contributed by atoms with Crippen molar-refractivity contribution in [2.45, 2.75) is 50.5 Å².